The Morgan fingerprint density at radius 2 is 1.87 bits per heavy atom. The SMILES string of the molecule is CCCN(CCC)C(=O)C1=Cc2ccc(-c3ccc4c(=O)n(CC[N+]5=CCC=N5)ncc4c3)cc2N=C(N)C1. The lowest BCUT2D eigenvalue weighted by Gasteiger charge is -2.22. The van der Waals surface area contributed by atoms with Crippen LogP contribution in [-0.4, -0.2) is 63.2 Å². The third kappa shape index (κ3) is 5.72. The molecule has 0 fully saturated rings. The van der Waals surface area contributed by atoms with E-state index in [-0.39, 0.29) is 11.5 Å². The molecule has 2 aromatic carbocycles. The molecule has 1 amide bonds. The molecule has 39 heavy (non-hydrogen) atoms. The van der Waals surface area contributed by atoms with E-state index >= 15 is 0 Å². The molecule has 0 radical (unpaired) electrons. The molecule has 3 heterocycles. The molecular formula is C30H34N7O2+. The van der Waals surface area contributed by atoms with Gasteiger partial charge in [-0.15, -0.1) is 0 Å². The van der Waals surface area contributed by atoms with Crippen LogP contribution in [0, 0.1) is 0 Å². The summed E-state index contributed by atoms with van der Waals surface area (Å²) < 4.78 is 3.31. The van der Waals surface area contributed by atoms with Crippen LogP contribution in [0.25, 0.3) is 28.0 Å². The molecule has 0 saturated heterocycles. The highest BCUT2D eigenvalue weighted by Gasteiger charge is 2.21. The number of hydrogen-bond acceptors (Lipinski definition) is 6. The van der Waals surface area contributed by atoms with E-state index in [4.69, 9.17) is 5.73 Å². The van der Waals surface area contributed by atoms with Crippen LogP contribution in [0.2, 0.25) is 0 Å². The molecule has 0 bridgehead atoms. The van der Waals surface area contributed by atoms with Crippen molar-refractivity contribution >= 4 is 46.7 Å². The molecule has 200 valence electrons. The van der Waals surface area contributed by atoms with Gasteiger partial charge in [-0.05, 0) is 53.3 Å². The van der Waals surface area contributed by atoms with E-state index in [1.807, 2.05) is 64.5 Å². The second-order valence-corrected chi connectivity index (χ2v) is 9.87. The van der Waals surface area contributed by atoms with E-state index in [0.717, 1.165) is 60.1 Å². The molecule has 2 aliphatic rings. The molecule has 0 atom stereocenters. The summed E-state index contributed by atoms with van der Waals surface area (Å²) in [5.74, 6) is 0.437. The number of aromatic nitrogens is 2. The van der Waals surface area contributed by atoms with Gasteiger partial charge in [-0.25, -0.2) is 9.67 Å². The van der Waals surface area contributed by atoms with Crippen molar-refractivity contribution in [3.8, 4) is 11.1 Å². The number of hydrazone groups is 1. The average molecular weight is 525 g/mol. The Morgan fingerprint density at radius 1 is 1.10 bits per heavy atom. The third-order valence-corrected chi connectivity index (χ3v) is 6.92. The van der Waals surface area contributed by atoms with Crippen molar-refractivity contribution in [1.82, 2.24) is 14.7 Å². The summed E-state index contributed by atoms with van der Waals surface area (Å²) in [6.45, 7) is 6.66. The average Bonchev–Trinajstić information content (AvgIpc) is 3.40. The van der Waals surface area contributed by atoms with E-state index < -0.39 is 0 Å². The number of nitrogens with two attached hydrogens (primary N) is 1. The second kappa shape index (κ2) is 11.6. The first kappa shape index (κ1) is 26.2. The van der Waals surface area contributed by atoms with Gasteiger partial charge in [-0.3, -0.25) is 9.59 Å². The smallest absolute Gasteiger partial charge is 0.274 e. The molecule has 1 aromatic heterocycles. The summed E-state index contributed by atoms with van der Waals surface area (Å²) >= 11 is 0. The van der Waals surface area contributed by atoms with Gasteiger partial charge >= 0.3 is 0 Å². The molecule has 5 rings (SSSR count). The first-order valence-electron chi connectivity index (χ1n) is 13.6. The fourth-order valence-electron chi connectivity index (χ4n) is 5.01. The Hall–Kier alpha value is -4.40. The van der Waals surface area contributed by atoms with E-state index in [1.54, 1.807) is 6.20 Å². The lowest BCUT2D eigenvalue weighted by Crippen LogP contribution is -2.34. The van der Waals surface area contributed by atoms with E-state index in [0.29, 0.717) is 36.3 Å². The number of amidine groups is 1. The number of amides is 1. The van der Waals surface area contributed by atoms with Crippen LogP contribution in [0.4, 0.5) is 5.69 Å². The van der Waals surface area contributed by atoms with Gasteiger partial charge in [0, 0.05) is 36.0 Å². The van der Waals surface area contributed by atoms with Gasteiger partial charge in [-0.2, -0.15) is 5.10 Å². The van der Waals surface area contributed by atoms with Gasteiger partial charge in [-0.1, -0.05) is 36.7 Å². The minimum atomic E-state index is -0.121. The molecule has 9 nitrogen and oxygen atoms in total. The van der Waals surface area contributed by atoms with E-state index in [2.05, 4.69) is 29.0 Å². The first-order valence-corrected chi connectivity index (χ1v) is 13.6. The van der Waals surface area contributed by atoms with Crippen LogP contribution in [0.5, 0.6) is 0 Å². The van der Waals surface area contributed by atoms with Crippen molar-refractivity contribution in [1.29, 1.82) is 0 Å². The fourth-order valence-corrected chi connectivity index (χ4v) is 5.01. The number of hydrogen-bond donors (Lipinski definition) is 1. The van der Waals surface area contributed by atoms with Gasteiger partial charge in [0.15, 0.2) is 12.8 Å². The minimum absolute atomic E-state index is 0.0211. The van der Waals surface area contributed by atoms with E-state index in [9.17, 15) is 9.59 Å². The Balaban J connectivity index is 1.42. The molecular weight excluding hydrogens is 490 g/mol. The summed E-state index contributed by atoms with van der Waals surface area (Å²) in [5, 5.41) is 10.0. The number of carbonyl (C=O) groups excluding carboxylic acids is 1. The molecule has 0 aliphatic carbocycles. The number of nitrogens with zero attached hydrogens (tertiary/aromatic N) is 6. The third-order valence-electron chi connectivity index (χ3n) is 6.92. The maximum Gasteiger partial charge on any atom is 0.274 e. The van der Waals surface area contributed by atoms with Crippen molar-refractivity contribution in [2.75, 3.05) is 19.6 Å². The van der Waals surface area contributed by atoms with Crippen LogP contribution in [0.1, 0.15) is 45.1 Å². The lowest BCUT2D eigenvalue weighted by molar-refractivity contribution is -0.527. The number of aliphatic imine (C=N–C) groups is 1. The summed E-state index contributed by atoms with van der Waals surface area (Å²) in [6.07, 6.45) is 10.4. The normalized spacial score (nSPS) is 14.5. The van der Waals surface area contributed by atoms with Crippen molar-refractivity contribution < 1.29 is 9.48 Å². The number of rotatable bonds is 9. The molecule has 0 saturated carbocycles. The van der Waals surface area contributed by atoms with E-state index in [1.165, 1.54) is 4.68 Å². The highest BCUT2D eigenvalue weighted by molar-refractivity contribution is 6.05. The maximum absolute atomic E-state index is 13.3. The molecule has 0 spiro atoms. The minimum Gasteiger partial charge on any atom is -0.387 e. The molecule has 2 aliphatic heterocycles. The summed E-state index contributed by atoms with van der Waals surface area (Å²) in [4.78, 5) is 32.8. The Morgan fingerprint density at radius 3 is 2.62 bits per heavy atom. The highest BCUT2D eigenvalue weighted by atomic mass is 16.2. The predicted molar refractivity (Wildman–Crippen MR) is 157 cm³/mol. The van der Waals surface area contributed by atoms with Crippen LogP contribution in [0.3, 0.4) is 0 Å². The number of carbonyl (C=O) groups is 1. The monoisotopic (exact) mass is 524 g/mol. The Bertz CT molecular complexity index is 1590. The standard InChI is InChI=1S/C30H33N7O2/c1-3-11-35(12-4-2)29(38)24-17-23-7-6-22(18-27(23)34-28(31)19-24)21-8-9-26-25(16-21)20-33-37(30(26)39)15-14-36-13-5-10-32-36/h6-10,13,16-18,20H,3-5,11-12,14-15,19H2,1-2H3,(H-,31,34,38)/p+1. The quantitative estimate of drug-likeness (QED) is 0.427. The Labute approximate surface area is 227 Å². The molecule has 0 unspecified atom stereocenters. The van der Waals surface area contributed by atoms with Crippen molar-refractivity contribution in [2.24, 2.45) is 15.8 Å². The van der Waals surface area contributed by atoms with Crippen LogP contribution >= 0.6 is 0 Å². The van der Waals surface area contributed by atoms with Gasteiger partial charge in [0.2, 0.25) is 5.91 Å². The van der Waals surface area contributed by atoms with Crippen molar-refractivity contribution in [2.45, 2.75) is 46.1 Å². The zero-order chi connectivity index (χ0) is 27.4. The summed E-state index contributed by atoms with van der Waals surface area (Å²) in [6, 6.07) is 11.7. The highest BCUT2D eigenvalue weighted by Crippen LogP contribution is 2.33. The van der Waals surface area contributed by atoms with Crippen LogP contribution < -0.4 is 11.3 Å². The van der Waals surface area contributed by atoms with Gasteiger partial charge in [0.05, 0.1) is 29.9 Å². The fraction of sp³-hybridized carbons (Fsp3) is 0.333. The topological polar surface area (TPSA) is 109 Å². The zero-order valence-corrected chi connectivity index (χ0v) is 22.5. The van der Waals surface area contributed by atoms with Crippen LogP contribution in [0.15, 0.2) is 63.1 Å². The van der Waals surface area contributed by atoms with Crippen molar-refractivity contribution in [3.05, 3.63) is 64.1 Å². The van der Waals surface area contributed by atoms with Gasteiger partial charge in [0.1, 0.15) is 12.4 Å². The molecule has 9 heteroatoms. The van der Waals surface area contributed by atoms with Gasteiger partial charge in [0.25, 0.3) is 5.56 Å². The van der Waals surface area contributed by atoms with Gasteiger partial charge < -0.3 is 10.6 Å². The summed E-state index contributed by atoms with van der Waals surface area (Å²) in [7, 11) is 0. The predicted octanol–water partition coefficient (Wildman–Crippen LogP) is 3.96. The molecule has 3 aromatic rings. The summed E-state index contributed by atoms with van der Waals surface area (Å²) in [5.41, 5.74) is 10.3. The van der Waals surface area contributed by atoms with Crippen molar-refractivity contribution in [3.63, 3.8) is 0 Å². The maximum atomic E-state index is 13.3. The Kier molecular flexibility index (Phi) is 7.76. The van der Waals surface area contributed by atoms with Crippen LogP contribution in [-0.2, 0) is 11.3 Å². The number of fused-ring (bicyclic) bond motifs is 2. The second-order valence-electron chi connectivity index (χ2n) is 9.87. The number of benzene rings is 2. The first-order chi connectivity index (χ1) is 19.0. The molecule has 2 N–H and O–H groups in total. The lowest BCUT2D eigenvalue weighted by atomic mass is 9.99. The zero-order valence-electron chi connectivity index (χ0n) is 22.5. The largest absolute Gasteiger partial charge is 0.387 e.